The van der Waals surface area contributed by atoms with E-state index in [4.69, 9.17) is 16.7 Å². The van der Waals surface area contributed by atoms with E-state index in [0.29, 0.717) is 0 Å². The standard InChI is InChI=1S/C13H17ClN2O2/c1-15-6-7-16(9-12(15)8-13(17)18)11-4-2-10(14)3-5-11/h2-5,12H,6-9H2,1H3,(H,17,18). The number of aliphatic carboxylic acids is 1. The molecule has 1 aromatic rings. The Kier molecular flexibility index (Phi) is 4.09. The minimum Gasteiger partial charge on any atom is -0.481 e. The minimum atomic E-state index is -0.746. The van der Waals surface area contributed by atoms with Crippen molar-refractivity contribution in [2.75, 3.05) is 31.6 Å². The molecule has 0 spiro atoms. The normalized spacial score (nSPS) is 21.0. The van der Waals surface area contributed by atoms with Crippen molar-refractivity contribution in [2.24, 2.45) is 0 Å². The van der Waals surface area contributed by atoms with E-state index in [1.807, 2.05) is 31.3 Å². The van der Waals surface area contributed by atoms with Crippen LogP contribution in [0, 0.1) is 0 Å². The molecule has 0 amide bonds. The molecule has 4 nitrogen and oxygen atoms in total. The van der Waals surface area contributed by atoms with Gasteiger partial charge in [0.25, 0.3) is 0 Å². The Bertz CT molecular complexity index is 422. The average molecular weight is 269 g/mol. The summed E-state index contributed by atoms with van der Waals surface area (Å²) in [6.45, 7) is 2.53. The molecular weight excluding hydrogens is 252 g/mol. The predicted octanol–water partition coefficient (Wildman–Crippen LogP) is 1.94. The Morgan fingerprint density at radius 2 is 2.06 bits per heavy atom. The van der Waals surface area contributed by atoms with E-state index in [0.717, 1.165) is 30.3 Å². The summed E-state index contributed by atoms with van der Waals surface area (Å²) in [4.78, 5) is 15.2. The number of piperazine rings is 1. The molecule has 1 unspecified atom stereocenters. The first-order valence-corrected chi connectivity index (χ1v) is 6.36. The molecule has 0 saturated carbocycles. The third-order valence-electron chi connectivity index (χ3n) is 3.38. The van der Waals surface area contributed by atoms with Crippen molar-refractivity contribution in [1.29, 1.82) is 0 Å². The van der Waals surface area contributed by atoms with Gasteiger partial charge in [-0.2, -0.15) is 0 Å². The van der Waals surface area contributed by atoms with Gasteiger partial charge in [0.2, 0.25) is 0 Å². The highest BCUT2D eigenvalue weighted by molar-refractivity contribution is 6.30. The van der Waals surface area contributed by atoms with Crippen LogP contribution in [0.5, 0.6) is 0 Å². The Hall–Kier alpha value is -1.26. The molecule has 1 aromatic carbocycles. The summed E-state index contributed by atoms with van der Waals surface area (Å²) in [5, 5.41) is 9.63. The average Bonchev–Trinajstić information content (AvgIpc) is 2.32. The largest absolute Gasteiger partial charge is 0.481 e. The quantitative estimate of drug-likeness (QED) is 0.910. The Morgan fingerprint density at radius 3 is 2.67 bits per heavy atom. The fraction of sp³-hybridized carbons (Fsp3) is 0.462. The van der Waals surface area contributed by atoms with Crippen LogP contribution in [0.25, 0.3) is 0 Å². The molecule has 0 radical (unpaired) electrons. The number of nitrogens with zero attached hydrogens (tertiary/aromatic N) is 2. The number of hydrogen-bond acceptors (Lipinski definition) is 3. The van der Waals surface area contributed by atoms with Crippen LogP contribution >= 0.6 is 11.6 Å². The lowest BCUT2D eigenvalue weighted by Crippen LogP contribution is -2.52. The minimum absolute atomic E-state index is 0.0620. The number of hydrogen-bond donors (Lipinski definition) is 1. The molecule has 1 N–H and O–H groups in total. The van der Waals surface area contributed by atoms with E-state index in [1.54, 1.807) is 0 Å². The van der Waals surface area contributed by atoms with Gasteiger partial charge in [-0.1, -0.05) is 11.6 Å². The van der Waals surface area contributed by atoms with Gasteiger partial charge in [0.15, 0.2) is 0 Å². The van der Waals surface area contributed by atoms with Crippen LogP contribution < -0.4 is 4.90 Å². The number of benzene rings is 1. The molecule has 0 aromatic heterocycles. The topological polar surface area (TPSA) is 43.8 Å². The number of likely N-dealkylation sites (N-methyl/N-ethyl adjacent to an activating group) is 1. The first kappa shape index (κ1) is 13.2. The zero-order valence-electron chi connectivity index (χ0n) is 10.3. The highest BCUT2D eigenvalue weighted by Crippen LogP contribution is 2.21. The van der Waals surface area contributed by atoms with Gasteiger partial charge in [0.1, 0.15) is 0 Å². The van der Waals surface area contributed by atoms with Gasteiger partial charge >= 0.3 is 5.97 Å². The van der Waals surface area contributed by atoms with Crippen LogP contribution in [0.2, 0.25) is 5.02 Å². The van der Waals surface area contributed by atoms with Crippen molar-refractivity contribution in [3.63, 3.8) is 0 Å². The number of rotatable bonds is 3. The van der Waals surface area contributed by atoms with Crippen LogP contribution in [-0.4, -0.2) is 48.7 Å². The van der Waals surface area contributed by atoms with Gasteiger partial charge < -0.3 is 10.0 Å². The summed E-state index contributed by atoms with van der Waals surface area (Å²) in [5.41, 5.74) is 1.10. The first-order valence-electron chi connectivity index (χ1n) is 5.99. The molecule has 18 heavy (non-hydrogen) atoms. The molecule has 1 saturated heterocycles. The smallest absolute Gasteiger partial charge is 0.305 e. The van der Waals surface area contributed by atoms with Crippen molar-refractivity contribution in [3.05, 3.63) is 29.3 Å². The van der Waals surface area contributed by atoms with Gasteiger partial charge in [-0.05, 0) is 31.3 Å². The zero-order chi connectivity index (χ0) is 13.1. The molecule has 2 rings (SSSR count). The summed E-state index contributed by atoms with van der Waals surface area (Å²) in [5.74, 6) is -0.746. The molecule has 5 heteroatoms. The molecule has 1 aliphatic rings. The highest BCUT2D eigenvalue weighted by Gasteiger charge is 2.26. The van der Waals surface area contributed by atoms with Crippen LogP contribution in [0.1, 0.15) is 6.42 Å². The number of carboxylic acid groups (broad SMARTS) is 1. The van der Waals surface area contributed by atoms with E-state index in [1.165, 1.54) is 0 Å². The molecule has 98 valence electrons. The summed E-state index contributed by atoms with van der Waals surface area (Å²) in [6.07, 6.45) is 0.181. The maximum Gasteiger partial charge on any atom is 0.305 e. The van der Waals surface area contributed by atoms with Gasteiger partial charge in [0.05, 0.1) is 6.42 Å². The lowest BCUT2D eigenvalue weighted by molar-refractivity contribution is -0.138. The van der Waals surface area contributed by atoms with Gasteiger partial charge in [0, 0.05) is 36.4 Å². The van der Waals surface area contributed by atoms with Gasteiger partial charge in [-0.15, -0.1) is 0 Å². The van der Waals surface area contributed by atoms with E-state index >= 15 is 0 Å². The second kappa shape index (κ2) is 5.59. The van der Waals surface area contributed by atoms with Crippen LogP contribution in [-0.2, 0) is 4.79 Å². The third kappa shape index (κ3) is 3.15. The second-order valence-corrected chi connectivity index (χ2v) is 5.09. The summed E-state index contributed by atoms with van der Waals surface area (Å²) in [7, 11) is 1.98. The van der Waals surface area contributed by atoms with E-state index in [-0.39, 0.29) is 12.5 Å². The Balaban J connectivity index is 2.06. The Labute approximate surface area is 112 Å². The number of carboxylic acids is 1. The maximum atomic E-state index is 10.8. The second-order valence-electron chi connectivity index (χ2n) is 4.65. The number of carbonyl (C=O) groups is 1. The SMILES string of the molecule is CN1CCN(c2ccc(Cl)cc2)CC1CC(=O)O. The van der Waals surface area contributed by atoms with Crippen molar-refractivity contribution < 1.29 is 9.90 Å². The molecule has 1 aliphatic heterocycles. The third-order valence-corrected chi connectivity index (χ3v) is 3.63. The first-order chi connectivity index (χ1) is 8.56. The molecule has 0 aliphatic carbocycles. The fourth-order valence-electron chi connectivity index (χ4n) is 2.25. The summed E-state index contributed by atoms with van der Waals surface area (Å²) in [6, 6.07) is 7.74. The fourth-order valence-corrected chi connectivity index (χ4v) is 2.38. The van der Waals surface area contributed by atoms with E-state index in [2.05, 4.69) is 9.80 Å². The van der Waals surface area contributed by atoms with Crippen LogP contribution in [0.4, 0.5) is 5.69 Å². The molecule has 1 heterocycles. The number of anilines is 1. The van der Waals surface area contributed by atoms with Crippen LogP contribution in [0.15, 0.2) is 24.3 Å². The molecule has 1 fully saturated rings. The maximum absolute atomic E-state index is 10.8. The number of halogens is 1. The van der Waals surface area contributed by atoms with E-state index < -0.39 is 5.97 Å². The monoisotopic (exact) mass is 268 g/mol. The zero-order valence-corrected chi connectivity index (χ0v) is 11.1. The molecular formula is C13H17ClN2O2. The highest BCUT2D eigenvalue weighted by atomic mass is 35.5. The van der Waals surface area contributed by atoms with E-state index in [9.17, 15) is 4.79 Å². The summed E-state index contributed by atoms with van der Waals surface area (Å²) >= 11 is 5.87. The van der Waals surface area contributed by atoms with Crippen molar-refractivity contribution in [2.45, 2.75) is 12.5 Å². The van der Waals surface area contributed by atoms with Crippen molar-refractivity contribution in [1.82, 2.24) is 4.90 Å². The lowest BCUT2D eigenvalue weighted by atomic mass is 10.1. The molecule has 1 atom stereocenters. The van der Waals surface area contributed by atoms with Crippen molar-refractivity contribution in [3.8, 4) is 0 Å². The van der Waals surface area contributed by atoms with Gasteiger partial charge in [-0.3, -0.25) is 9.69 Å². The van der Waals surface area contributed by atoms with Crippen LogP contribution in [0.3, 0.4) is 0 Å². The Morgan fingerprint density at radius 1 is 1.39 bits per heavy atom. The van der Waals surface area contributed by atoms with Crippen molar-refractivity contribution >= 4 is 23.3 Å². The summed E-state index contributed by atoms with van der Waals surface area (Å²) < 4.78 is 0. The molecule has 0 bridgehead atoms. The lowest BCUT2D eigenvalue weighted by Gasteiger charge is -2.40. The van der Waals surface area contributed by atoms with Gasteiger partial charge in [-0.25, -0.2) is 0 Å². The predicted molar refractivity (Wildman–Crippen MR) is 72.3 cm³/mol.